The number of phenolic OH excluding ortho intramolecular Hbond substituents is 1. The van der Waals surface area contributed by atoms with Gasteiger partial charge in [0.1, 0.15) is 5.75 Å². The summed E-state index contributed by atoms with van der Waals surface area (Å²) in [7, 11) is 0. The largest absolute Gasteiger partial charge is 0.508 e. The van der Waals surface area contributed by atoms with Gasteiger partial charge in [-0.05, 0) is 52.9 Å². The maximum Gasteiger partial charge on any atom is 0.234 e. The lowest BCUT2D eigenvalue weighted by Gasteiger charge is -2.16. The molecular formula is C21H22N2O2. The van der Waals surface area contributed by atoms with E-state index in [0.717, 1.165) is 22.8 Å². The van der Waals surface area contributed by atoms with E-state index in [1.807, 2.05) is 36.4 Å². The number of nitrogens with one attached hydrogen (secondary N) is 1. The number of phenols is 1. The van der Waals surface area contributed by atoms with Gasteiger partial charge in [0.2, 0.25) is 5.91 Å². The first-order chi connectivity index (χ1) is 12.1. The number of benzene rings is 3. The molecule has 1 unspecified atom stereocenters. The maximum absolute atomic E-state index is 11.7. The molecule has 0 spiro atoms. The van der Waals surface area contributed by atoms with Gasteiger partial charge in [0.25, 0.3) is 0 Å². The second kappa shape index (κ2) is 7.81. The molecule has 3 aromatic rings. The molecule has 4 heteroatoms. The highest BCUT2D eigenvalue weighted by atomic mass is 16.3. The summed E-state index contributed by atoms with van der Waals surface area (Å²) in [6, 6.07) is 21.0. The smallest absolute Gasteiger partial charge is 0.234 e. The fourth-order valence-electron chi connectivity index (χ4n) is 2.93. The molecule has 4 N–H and O–H groups in total. The number of carbonyl (C=O) groups is 1. The van der Waals surface area contributed by atoms with Crippen LogP contribution < -0.4 is 11.1 Å². The topological polar surface area (TPSA) is 75.4 Å². The van der Waals surface area contributed by atoms with Gasteiger partial charge < -0.3 is 16.2 Å². The Hall–Kier alpha value is -2.85. The maximum atomic E-state index is 11.7. The Labute approximate surface area is 147 Å². The predicted molar refractivity (Wildman–Crippen MR) is 100 cm³/mol. The van der Waals surface area contributed by atoms with Gasteiger partial charge in [-0.3, -0.25) is 4.79 Å². The second-order valence-electron chi connectivity index (χ2n) is 6.23. The molecule has 25 heavy (non-hydrogen) atoms. The Morgan fingerprint density at radius 2 is 1.68 bits per heavy atom. The van der Waals surface area contributed by atoms with E-state index in [9.17, 15) is 9.90 Å². The minimum Gasteiger partial charge on any atom is -0.508 e. The van der Waals surface area contributed by atoms with Crippen LogP contribution in [0.25, 0.3) is 10.8 Å². The Bertz CT molecular complexity index is 862. The van der Waals surface area contributed by atoms with Crippen LogP contribution in [0.2, 0.25) is 0 Å². The number of primary amides is 1. The summed E-state index contributed by atoms with van der Waals surface area (Å²) in [6.07, 6.45) is 1.47. The molecule has 3 rings (SSSR count). The van der Waals surface area contributed by atoms with Crippen molar-refractivity contribution < 1.29 is 9.90 Å². The number of fused-ring (bicyclic) bond motifs is 1. The van der Waals surface area contributed by atoms with E-state index < -0.39 is 0 Å². The quantitative estimate of drug-likeness (QED) is 0.621. The fourth-order valence-corrected chi connectivity index (χ4v) is 2.93. The third-order valence-electron chi connectivity index (χ3n) is 4.35. The summed E-state index contributed by atoms with van der Waals surface area (Å²) in [4.78, 5) is 11.7. The van der Waals surface area contributed by atoms with Crippen LogP contribution in [0.5, 0.6) is 5.75 Å². The van der Waals surface area contributed by atoms with Gasteiger partial charge in [0.05, 0.1) is 6.04 Å². The average molecular weight is 334 g/mol. The summed E-state index contributed by atoms with van der Waals surface area (Å²) < 4.78 is 0. The second-order valence-corrected chi connectivity index (χ2v) is 6.23. The zero-order valence-electron chi connectivity index (χ0n) is 14.0. The average Bonchev–Trinajstić information content (AvgIpc) is 2.62. The SMILES string of the molecule is NC(=O)C(CCc1ccccc1)NCc1ccc2cc(O)ccc2c1. The minimum atomic E-state index is -0.365. The highest BCUT2D eigenvalue weighted by Crippen LogP contribution is 2.21. The number of nitrogens with two attached hydrogens (primary N) is 1. The summed E-state index contributed by atoms with van der Waals surface area (Å²) in [5, 5.41) is 14.8. The monoisotopic (exact) mass is 334 g/mol. The Morgan fingerprint density at radius 3 is 2.44 bits per heavy atom. The summed E-state index contributed by atoms with van der Waals surface area (Å²) in [5.74, 6) is -0.0743. The van der Waals surface area contributed by atoms with Gasteiger partial charge in [0, 0.05) is 6.54 Å². The van der Waals surface area contributed by atoms with Crippen molar-refractivity contribution >= 4 is 16.7 Å². The normalized spacial score (nSPS) is 12.2. The Balaban J connectivity index is 1.63. The third kappa shape index (κ3) is 4.58. The van der Waals surface area contributed by atoms with E-state index in [-0.39, 0.29) is 17.7 Å². The van der Waals surface area contributed by atoms with Crippen molar-refractivity contribution in [2.75, 3.05) is 0 Å². The number of rotatable bonds is 7. The Morgan fingerprint density at radius 1 is 0.960 bits per heavy atom. The number of aryl methyl sites for hydroxylation is 1. The molecule has 0 radical (unpaired) electrons. The first kappa shape index (κ1) is 17.0. The van der Waals surface area contributed by atoms with Gasteiger partial charge in [-0.25, -0.2) is 0 Å². The zero-order valence-corrected chi connectivity index (χ0v) is 14.0. The molecule has 0 saturated carbocycles. The molecule has 0 bridgehead atoms. The first-order valence-electron chi connectivity index (χ1n) is 8.40. The summed E-state index contributed by atoms with van der Waals surface area (Å²) in [6.45, 7) is 0.569. The molecule has 128 valence electrons. The number of carbonyl (C=O) groups excluding carboxylic acids is 1. The van der Waals surface area contributed by atoms with E-state index in [4.69, 9.17) is 5.73 Å². The predicted octanol–water partition coefficient (Wildman–Crippen LogP) is 3.12. The molecule has 0 heterocycles. The molecule has 4 nitrogen and oxygen atoms in total. The van der Waals surface area contributed by atoms with Gasteiger partial charge in [-0.15, -0.1) is 0 Å². The van der Waals surface area contributed by atoms with E-state index in [2.05, 4.69) is 23.5 Å². The van der Waals surface area contributed by atoms with Crippen LogP contribution in [0.1, 0.15) is 17.5 Å². The van der Waals surface area contributed by atoms with Gasteiger partial charge in [0.15, 0.2) is 0 Å². The summed E-state index contributed by atoms with van der Waals surface area (Å²) in [5.41, 5.74) is 7.81. The first-order valence-corrected chi connectivity index (χ1v) is 8.40. The fraction of sp³-hybridized carbons (Fsp3) is 0.190. The van der Waals surface area contributed by atoms with Crippen LogP contribution in [-0.2, 0) is 17.8 Å². The van der Waals surface area contributed by atoms with Crippen LogP contribution in [0, 0.1) is 0 Å². The van der Waals surface area contributed by atoms with E-state index in [1.54, 1.807) is 12.1 Å². The van der Waals surface area contributed by atoms with Crippen molar-refractivity contribution in [1.82, 2.24) is 5.32 Å². The van der Waals surface area contributed by atoms with Crippen molar-refractivity contribution in [1.29, 1.82) is 0 Å². The van der Waals surface area contributed by atoms with Crippen molar-refractivity contribution in [2.45, 2.75) is 25.4 Å². The van der Waals surface area contributed by atoms with Crippen molar-refractivity contribution in [3.63, 3.8) is 0 Å². The highest BCUT2D eigenvalue weighted by molar-refractivity contribution is 5.84. The molecule has 0 fully saturated rings. The van der Waals surface area contributed by atoms with E-state index in [0.29, 0.717) is 13.0 Å². The third-order valence-corrected chi connectivity index (χ3v) is 4.35. The number of hydrogen-bond acceptors (Lipinski definition) is 3. The highest BCUT2D eigenvalue weighted by Gasteiger charge is 2.14. The van der Waals surface area contributed by atoms with E-state index in [1.165, 1.54) is 5.56 Å². The van der Waals surface area contributed by atoms with Crippen LogP contribution >= 0.6 is 0 Å². The van der Waals surface area contributed by atoms with Gasteiger partial charge >= 0.3 is 0 Å². The zero-order chi connectivity index (χ0) is 17.6. The summed E-state index contributed by atoms with van der Waals surface area (Å²) >= 11 is 0. The van der Waals surface area contributed by atoms with Crippen LogP contribution in [-0.4, -0.2) is 17.1 Å². The molecule has 0 aliphatic heterocycles. The van der Waals surface area contributed by atoms with Gasteiger partial charge in [-0.2, -0.15) is 0 Å². The minimum absolute atomic E-state index is 0.257. The Kier molecular flexibility index (Phi) is 5.31. The van der Waals surface area contributed by atoms with Gasteiger partial charge in [-0.1, -0.05) is 48.5 Å². The molecule has 0 aliphatic rings. The van der Waals surface area contributed by atoms with Crippen LogP contribution in [0.15, 0.2) is 66.7 Å². The van der Waals surface area contributed by atoms with Crippen LogP contribution in [0.3, 0.4) is 0 Å². The van der Waals surface area contributed by atoms with Crippen molar-refractivity contribution in [3.8, 4) is 5.75 Å². The molecule has 0 aromatic heterocycles. The molecule has 0 saturated heterocycles. The van der Waals surface area contributed by atoms with Crippen LogP contribution in [0.4, 0.5) is 0 Å². The molecule has 0 aliphatic carbocycles. The molecule has 1 amide bonds. The lowest BCUT2D eigenvalue weighted by atomic mass is 10.0. The number of amides is 1. The van der Waals surface area contributed by atoms with Crippen molar-refractivity contribution in [3.05, 3.63) is 77.9 Å². The number of aromatic hydroxyl groups is 1. The number of hydrogen-bond donors (Lipinski definition) is 3. The molecule has 3 aromatic carbocycles. The van der Waals surface area contributed by atoms with E-state index >= 15 is 0 Å². The van der Waals surface area contributed by atoms with Crippen molar-refractivity contribution in [2.24, 2.45) is 5.73 Å². The lowest BCUT2D eigenvalue weighted by molar-refractivity contribution is -0.120. The standard InChI is InChI=1S/C21H22N2O2/c22-21(25)20(11-7-15-4-2-1-3-5-15)23-14-16-6-8-18-13-19(24)10-9-17(18)12-16/h1-6,8-10,12-13,20,23-24H,7,11,14H2,(H2,22,25). The molecule has 1 atom stereocenters. The lowest BCUT2D eigenvalue weighted by Crippen LogP contribution is -2.41. The molecular weight excluding hydrogens is 312 g/mol.